The van der Waals surface area contributed by atoms with E-state index in [0.717, 1.165) is 37.4 Å². The van der Waals surface area contributed by atoms with Crippen molar-refractivity contribution in [1.82, 2.24) is 0 Å². The predicted molar refractivity (Wildman–Crippen MR) is 139 cm³/mol. The van der Waals surface area contributed by atoms with Gasteiger partial charge in [0.05, 0.1) is 0 Å². The predicted octanol–water partition coefficient (Wildman–Crippen LogP) is 9.73. The van der Waals surface area contributed by atoms with Crippen LogP contribution in [0.15, 0.2) is 93.4 Å². The third-order valence-electron chi connectivity index (χ3n) is 6.99. The molecule has 0 N–H and O–H groups in total. The summed E-state index contributed by atoms with van der Waals surface area (Å²) in [6.07, 6.45) is 0. The van der Waals surface area contributed by atoms with E-state index in [0.29, 0.717) is 0 Å². The van der Waals surface area contributed by atoms with Gasteiger partial charge in [-0.05, 0) is 0 Å². The summed E-state index contributed by atoms with van der Waals surface area (Å²) < 4.78 is 7.93. The molecule has 3 aromatic carbocycles. The van der Waals surface area contributed by atoms with Crippen LogP contribution in [0.3, 0.4) is 0 Å². The molecule has 0 fully saturated rings. The van der Waals surface area contributed by atoms with Crippen molar-refractivity contribution >= 4 is 18.6 Å². The van der Waals surface area contributed by atoms with Crippen LogP contribution in [-0.4, -0.2) is 0 Å². The molecule has 4 heteroatoms. The van der Waals surface area contributed by atoms with Crippen molar-refractivity contribution in [3.8, 4) is 28.0 Å². The third-order valence-corrected chi connectivity index (χ3v) is 12.4. The molecular weight excluding hydrogens is 483 g/mol. The van der Waals surface area contributed by atoms with E-state index >= 15 is 0 Å². The topological polar surface area (TPSA) is 9.23 Å². The number of halogens is 2. The van der Waals surface area contributed by atoms with E-state index in [2.05, 4.69) is 77.9 Å². The van der Waals surface area contributed by atoms with Gasteiger partial charge in [-0.1, -0.05) is 0 Å². The fourth-order valence-corrected chi connectivity index (χ4v) is 12.0. The van der Waals surface area contributed by atoms with Crippen LogP contribution in [0.2, 0.25) is 0 Å². The Balaban J connectivity index is 1.94. The monoisotopic (exact) mass is 512 g/mol. The summed E-state index contributed by atoms with van der Waals surface area (Å²) in [4.78, 5) is 0. The summed E-state index contributed by atoms with van der Waals surface area (Å²) in [7, 11) is 14.6. The molecule has 0 bridgehead atoms. The fourth-order valence-electron chi connectivity index (χ4n) is 4.90. The minimum atomic E-state index is -4.00. The first-order valence-corrected chi connectivity index (χ1v) is 17.0. The number of benzene rings is 3. The molecule has 0 aliphatic heterocycles. The summed E-state index contributed by atoms with van der Waals surface area (Å²) in [6, 6.07) is 25.0. The van der Waals surface area contributed by atoms with Crippen LogP contribution < -0.4 is 3.32 Å². The Labute approximate surface area is 209 Å². The Morgan fingerprint density at radius 2 is 1.15 bits per heavy atom. The maximum absolute atomic E-state index is 7.29. The molecule has 1 aliphatic rings. The van der Waals surface area contributed by atoms with Crippen molar-refractivity contribution in [2.24, 2.45) is 5.41 Å². The van der Waals surface area contributed by atoms with Crippen molar-refractivity contribution in [2.75, 3.05) is 0 Å². The van der Waals surface area contributed by atoms with Gasteiger partial charge in [0.15, 0.2) is 0 Å². The van der Waals surface area contributed by atoms with Gasteiger partial charge in [-0.2, -0.15) is 0 Å². The molecule has 0 amide bonds. The zero-order valence-electron chi connectivity index (χ0n) is 20.1. The average Bonchev–Trinajstić information content (AvgIpc) is 2.94. The van der Waals surface area contributed by atoms with Gasteiger partial charge in [-0.15, -0.1) is 0 Å². The van der Waals surface area contributed by atoms with Crippen LogP contribution in [-0.2, 0) is 14.9 Å². The SMILES string of the molecule is CC1=C(C)C(C)(C)[C]([Ti]([Cl])([Cl])[O]c2c(-c3ccccc3)cc(C)cc2-c2ccccc2)=C1C. The Morgan fingerprint density at radius 1 is 0.697 bits per heavy atom. The molecular formula is C29H30Cl2OTi. The first-order valence-electron chi connectivity index (χ1n) is 11.3. The van der Waals surface area contributed by atoms with Gasteiger partial charge in [0.1, 0.15) is 0 Å². The number of allylic oxidation sites excluding steroid dienone is 4. The van der Waals surface area contributed by atoms with E-state index in [4.69, 9.17) is 21.9 Å². The minimum absolute atomic E-state index is 0.220. The zero-order valence-corrected chi connectivity index (χ0v) is 23.2. The molecule has 0 aromatic heterocycles. The number of aryl methyl sites for hydroxylation is 1. The molecule has 0 radical (unpaired) electrons. The Morgan fingerprint density at radius 3 is 1.55 bits per heavy atom. The van der Waals surface area contributed by atoms with Crippen molar-refractivity contribution in [2.45, 2.75) is 41.5 Å². The van der Waals surface area contributed by atoms with Crippen LogP contribution in [0.4, 0.5) is 0 Å². The third kappa shape index (κ3) is 4.49. The van der Waals surface area contributed by atoms with E-state index in [1.165, 1.54) is 16.7 Å². The second-order valence-electron chi connectivity index (χ2n) is 9.42. The standard InChI is InChI=1S/C19H16O.C10H15.2ClH.Ti/c1-14-12-17(15-8-4-2-5-9-15)19(20)18(13-14)16-10-6-3-7-11-16;1-7-6-10(4,5)9(3)8(7)2;;;/h2-13,20H,1H3;1-5H3;2*1H;/q;;;;+3/p-3. The van der Waals surface area contributed by atoms with Crippen LogP contribution in [0.5, 0.6) is 5.75 Å². The normalized spacial score (nSPS) is 15.9. The second-order valence-corrected chi connectivity index (χ2v) is 17.3. The van der Waals surface area contributed by atoms with Gasteiger partial charge in [-0.3, -0.25) is 0 Å². The maximum atomic E-state index is 7.29. The summed E-state index contributed by atoms with van der Waals surface area (Å²) in [6.45, 7) is 13.0. The number of hydrogen-bond donors (Lipinski definition) is 0. The first kappa shape index (κ1) is 24.4. The van der Waals surface area contributed by atoms with Crippen molar-refractivity contribution in [1.29, 1.82) is 0 Å². The fraction of sp³-hybridized carbons (Fsp3) is 0.241. The summed E-state index contributed by atoms with van der Waals surface area (Å²) in [5, 5.41) is 0. The molecule has 4 rings (SSSR count). The molecule has 1 aliphatic carbocycles. The number of rotatable bonds is 5. The van der Waals surface area contributed by atoms with Crippen molar-refractivity contribution in [3.05, 3.63) is 99.0 Å². The molecule has 1 nitrogen and oxygen atoms in total. The zero-order chi connectivity index (χ0) is 24.0. The molecule has 0 saturated carbocycles. The second kappa shape index (κ2) is 9.12. The van der Waals surface area contributed by atoms with Crippen molar-refractivity contribution in [3.63, 3.8) is 0 Å². The van der Waals surface area contributed by atoms with Crippen LogP contribution in [0, 0.1) is 12.3 Å². The van der Waals surface area contributed by atoms with Gasteiger partial charge >= 0.3 is 211 Å². The number of hydrogen-bond acceptors (Lipinski definition) is 1. The first-order chi connectivity index (χ1) is 15.5. The molecule has 33 heavy (non-hydrogen) atoms. The Bertz CT molecular complexity index is 1190. The molecule has 0 heterocycles. The summed E-state index contributed by atoms with van der Waals surface area (Å²) >= 11 is -4.00. The summed E-state index contributed by atoms with van der Waals surface area (Å²) in [5.74, 6) is 0.765. The van der Waals surface area contributed by atoms with Crippen LogP contribution >= 0.6 is 18.6 Å². The quantitative estimate of drug-likeness (QED) is 0.309. The molecule has 0 unspecified atom stereocenters. The van der Waals surface area contributed by atoms with E-state index < -0.39 is 14.9 Å². The van der Waals surface area contributed by atoms with Gasteiger partial charge in [-0.25, -0.2) is 0 Å². The van der Waals surface area contributed by atoms with Gasteiger partial charge in [0.2, 0.25) is 0 Å². The molecule has 0 saturated heterocycles. The van der Waals surface area contributed by atoms with Crippen LogP contribution in [0.1, 0.15) is 40.2 Å². The van der Waals surface area contributed by atoms with E-state index in [-0.39, 0.29) is 5.41 Å². The Kier molecular flexibility index (Phi) is 6.73. The van der Waals surface area contributed by atoms with Gasteiger partial charge in [0.25, 0.3) is 0 Å². The molecule has 0 atom stereocenters. The van der Waals surface area contributed by atoms with E-state index in [1.807, 2.05) is 36.4 Å². The van der Waals surface area contributed by atoms with Gasteiger partial charge < -0.3 is 0 Å². The average molecular weight is 513 g/mol. The molecule has 170 valence electrons. The van der Waals surface area contributed by atoms with E-state index in [1.54, 1.807) is 0 Å². The molecule has 3 aromatic rings. The summed E-state index contributed by atoms with van der Waals surface area (Å²) in [5.41, 5.74) is 8.90. The van der Waals surface area contributed by atoms with Crippen LogP contribution in [0.25, 0.3) is 22.3 Å². The Hall–Kier alpha value is -1.77. The van der Waals surface area contributed by atoms with Crippen molar-refractivity contribution < 1.29 is 18.2 Å². The van der Waals surface area contributed by atoms with Gasteiger partial charge in [0, 0.05) is 0 Å². The molecule has 0 spiro atoms. The van der Waals surface area contributed by atoms with E-state index in [9.17, 15) is 0 Å².